The van der Waals surface area contributed by atoms with Gasteiger partial charge >= 0.3 is 5.97 Å². The maximum absolute atomic E-state index is 14.4. The van der Waals surface area contributed by atoms with Crippen LogP contribution in [0.1, 0.15) is 58.8 Å². The zero-order valence-electron chi connectivity index (χ0n) is 15.9. The molecular formula is C22H29NO3. The summed E-state index contributed by atoms with van der Waals surface area (Å²) < 4.78 is 0. The first-order valence-electron chi connectivity index (χ1n) is 10.6. The molecule has 3 saturated heterocycles. The molecule has 2 saturated carbocycles. The third kappa shape index (κ3) is 1.35. The summed E-state index contributed by atoms with van der Waals surface area (Å²) in [5.74, 6) is 0.494. The van der Waals surface area contributed by atoms with E-state index in [0.717, 1.165) is 45.2 Å². The summed E-state index contributed by atoms with van der Waals surface area (Å²) in [5.41, 5.74) is 2.02. The highest BCUT2D eigenvalue weighted by molar-refractivity contribution is 6.01. The largest absolute Gasteiger partial charge is 0.481 e. The third-order valence-corrected chi connectivity index (χ3v) is 10.1. The molecule has 7 rings (SSSR count). The molecule has 4 heteroatoms. The van der Waals surface area contributed by atoms with Gasteiger partial charge in [-0.15, -0.1) is 0 Å². The Morgan fingerprint density at radius 3 is 2.69 bits per heavy atom. The highest BCUT2D eigenvalue weighted by Gasteiger charge is 2.77. The Labute approximate surface area is 155 Å². The van der Waals surface area contributed by atoms with Crippen molar-refractivity contribution in [3.05, 3.63) is 11.1 Å². The van der Waals surface area contributed by atoms with Gasteiger partial charge in [-0.2, -0.15) is 0 Å². The monoisotopic (exact) mass is 355 g/mol. The molecule has 3 heterocycles. The van der Waals surface area contributed by atoms with Crippen molar-refractivity contribution in [1.29, 1.82) is 0 Å². The smallest absolute Gasteiger partial charge is 0.307 e. The van der Waals surface area contributed by atoms with Crippen LogP contribution in [0, 0.1) is 34.5 Å². The first-order valence-corrected chi connectivity index (χ1v) is 10.6. The first-order chi connectivity index (χ1) is 12.4. The van der Waals surface area contributed by atoms with Gasteiger partial charge in [0.2, 0.25) is 0 Å². The predicted octanol–water partition coefficient (Wildman–Crippen LogP) is 3.27. The number of rotatable bonds is 1. The summed E-state index contributed by atoms with van der Waals surface area (Å²) >= 11 is 0. The molecule has 1 N–H and O–H groups in total. The minimum Gasteiger partial charge on any atom is -0.481 e. The van der Waals surface area contributed by atoms with Gasteiger partial charge in [0.1, 0.15) is 0 Å². The normalized spacial score (nSPS) is 54.5. The van der Waals surface area contributed by atoms with E-state index in [1.165, 1.54) is 17.6 Å². The van der Waals surface area contributed by atoms with Crippen molar-refractivity contribution in [1.82, 2.24) is 4.90 Å². The summed E-state index contributed by atoms with van der Waals surface area (Å²) in [6, 6.07) is 0. The second kappa shape index (κ2) is 4.45. The maximum atomic E-state index is 14.4. The number of carbonyl (C=O) groups excluding carboxylic acids is 1. The number of Topliss-reactive ketones (excluding diaryl/α,β-unsaturated/α-hetero) is 1. The van der Waals surface area contributed by atoms with Gasteiger partial charge < -0.3 is 5.11 Å². The van der Waals surface area contributed by atoms with Crippen LogP contribution in [0.3, 0.4) is 0 Å². The lowest BCUT2D eigenvalue weighted by atomic mass is 9.45. The van der Waals surface area contributed by atoms with Crippen molar-refractivity contribution in [3.63, 3.8) is 0 Å². The molecule has 0 aromatic rings. The van der Waals surface area contributed by atoms with E-state index < -0.39 is 11.4 Å². The fourth-order valence-electron chi connectivity index (χ4n) is 8.79. The number of aliphatic carboxylic acids is 1. The average Bonchev–Trinajstić information content (AvgIpc) is 3.09. The van der Waals surface area contributed by atoms with Crippen LogP contribution in [0.15, 0.2) is 11.1 Å². The first kappa shape index (κ1) is 15.9. The van der Waals surface area contributed by atoms with Gasteiger partial charge in [0.15, 0.2) is 5.78 Å². The molecule has 5 fully saturated rings. The molecule has 3 aliphatic heterocycles. The van der Waals surface area contributed by atoms with Crippen LogP contribution >= 0.6 is 0 Å². The molecule has 26 heavy (non-hydrogen) atoms. The molecule has 4 aliphatic carbocycles. The Bertz CT molecular complexity index is 786. The number of allylic oxidation sites excluding steroid dienone is 2. The number of hydrogen-bond donors (Lipinski definition) is 1. The molecule has 0 amide bonds. The molecule has 0 radical (unpaired) electrons. The number of ketones is 1. The molecule has 4 bridgehead atoms. The number of carbonyl (C=O) groups is 2. The summed E-state index contributed by atoms with van der Waals surface area (Å²) in [5, 5.41) is 9.99. The second-order valence-electron chi connectivity index (χ2n) is 10.4. The number of nitrogens with zero attached hydrogens (tertiary/aromatic N) is 1. The highest BCUT2D eigenvalue weighted by Crippen LogP contribution is 2.75. The minimum atomic E-state index is -0.671. The lowest BCUT2D eigenvalue weighted by molar-refractivity contribution is -0.169. The number of carboxylic acids is 1. The molecule has 0 aromatic carbocycles. The second-order valence-corrected chi connectivity index (χ2v) is 10.4. The molecule has 7 atom stereocenters. The van der Waals surface area contributed by atoms with E-state index in [0.29, 0.717) is 24.0 Å². The van der Waals surface area contributed by atoms with Crippen LogP contribution in [0.5, 0.6) is 0 Å². The Balaban J connectivity index is 1.65. The van der Waals surface area contributed by atoms with E-state index in [9.17, 15) is 14.7 Å². The van der Waals surface area contributed by atoms with E-state index in [4.69, 9.17) is 0 Å². The lowest BCUT2D eigenvalue weighted by Gasteiger charge is -2.62. The molecule has 0 aromatic heterocycles. The summed E-state index contributed by atoms with van der Waals surface area (Å²) in [6.45, 7) is 6.72. The van der Waals surface area contributed by atoms with Crippen molar-refractivity contribution in [2.45, 2.75) is 64.3 Å². The van der Waals surface area contributed by atoms with E-state index in [1.807, 2.05) is 0 Å². The van der Waals surface area contributed by atoms with Crippen molar-refractivity contribution in [2.75, 3.05) is 13.1 Å². The van der Waals surface area contributed by atoms with Crippen LogP contribution in [0.2, 0.25) is 0 Å². The number of carboxylic acid groups (broad SMARTS) is 1. The van der Waals surface area contributed by atoms with Gasteiger partial charge in [-0.05, 0) is 68.1 Å². The summed E-state index contributed by atoms with van der Waals surface area (Å²) in [7, 11) is 0. The van der Waals surface area contributed by atoms with Gasteiger partial charge in [-0.25, -0.2) is 0 Å². The Hall–Kier alpha value is -1.16. The van der Waals surface area contributed by atoms with Crippen molar-refractivity contribution < 1.29 is 14.7 Å². The van der Waals surface area contributed by atoms with Crippen molar-refractivity contribution in [2.24, 2.45) is 34.5 Å². The fourth-order valence-corrected chi connectivity index (χ4v) is 8.79. The van der Waals surface area contributed by atoms with Crippen LogP contribution in [-0.2, 0) is 9.59 Å². The molecule has 140 valence electrons. The van der Waals surface area contributed by atoms with E-state index in [1.54, 1.807) is 0 Å². The zero-order chi connectivity index (χ0) is 18.1. The molecule has 4 nitrogen and oxygen atoms in total. The highest BCUT2D eigenvalue weighted by atomic mass is 16.4. The standard InChI is InChI=1S/C22H29NO3/c1-12-10-23-11-14-5-3-13-4-6-15-16(18(24)25)9-21(17(13)15)19(26)22(12,23)8-7-20(14,21)2/h12,14-16H,3-11H2,1-2H3,(H,24,25). The van der Waals surface area contributed by atoms with Gasteiger partial charge in [0, 0.05) is 13.1 Å². The maximum Gasteiger partial charge on any atom is 0.307 e. The van der Waals surface area contributed by atoms with Gasteiger partial charge in [0.05, 0.1) is 16.9 Å². The van der Waals surface area contributed by atoms with Gasteiger partial charge in [-0.1, -0.05) is 25.0 Å². The summed E-state index contributed by atoms with van der Waals surface area (Å²) in [6.07, 6.45) is 6.96. The fraction of sp³-hybridized carbons (Fsp3) is 0.818. The summed E-state index contributed by atoms with van der Waals surface area (Å²) in [4.78, 5) is 29.1. The molecule has 2 spiro atoms. The van der Waals surface area contributed by atoms with Gasteiger partial charge in [-0.3, -0.25) is 14.5 Å². The molecule has 7 unspecified atom stereocenters. The van der Waals surface area contributed by atoms with Crippen LogP contribution < -0.4 is 0 Å². The Kier molecular flexibility index (Phi) is 2.72. The predicted molar refractivity (Wildman–Crippen MR) is 96.5 cm³/mol. The quantitative estimate of drug-likeness (QED) is 0.734. The van der Waals surface area contributed by atoms with E-state index in [2.05, 4.69) is 18.7 Å². The zero-order valence-corrected chi connectivity index (χ0v) is 15.9. The third-order valence-electron chi connectivity index (χ3n) is 10.1. The molecule has 7 aliphatic rings. The molecular weight excluding hydrogens is 326 g/mol. The van der Waals surface area contributed by atoms with Crippen LogP contribution in [0.25, 0.3) is 0 Å². The average molecular weight is 355 g/mol. The lowest BCUT2D eigenvalue weighted by Crippen LogP contribution is -2.74. The Morgan fingerprint density at radius 2 is 1.96 bits per heavy atom. The van der Waals surface area contributed by atoms with Crippen molar-refractivity contribution in [3.8, 4) is 0 Å². The van der Waals surface area contributed by atoms with Gasteiger partial charge in [0.25, 0.3) is 0 Å². The Morgan fingerprint density at radius 1 is 1.19 bits per heavy atom. The van der Waals surface area contributed by atoms with Crippen LogP contribution in [-0.4, -0.2) is 40.4 Å². The van der Waals surface area contributed by atoms with E-state index >= 15 is 0 Å². The minimum absolute atomic E-state index is 0.0454. The van der Waals surface area contributed by atoms with Crippen molar-refractivity contribution >= 4 is 11.8 Å². The topological polar surface area (TPSA) is 57.6 Å². The van der Waals surface area contributed by atoms with E-state index in [-0.39, 0.29) is 22.8 Å². The number of fused-ring (bicyclic) bond motifs is 1. The number of hydrogen-bond acceptors (Lipinski definition) is 3. The van der Waals surface area contributed by atoms with Crippen LogP contribution in [0.4, 0.5) is 0 Å². The SMILES string of the molecule is CC1CN2CC3CCC4=C5C(CC4)C(C(=O)O)CC54C(=O)C12CCC34C.